The van der Waals surface area contributed by atoms with Gasteiger partial charge in [-0.3, -0.25) is 9.47 Å². The molecule has 0 unspecified atom stereocenters. The average Bonchev–Trinajstić information content (AvgIpc) is 2.91. The molecule has 0 bridgehead atoms. The second-order valence-electron chi connectivity index (χ2n) is 6.21. The van der Waals surface area contributed by atoms with E-state index in [1.54, 1.807) is 0 Å². The molecule has 0 saturated carbocycles. The topological polar surface area (TPSA) is 70.9 Å². The van der Waals surface area contributed by atoms with Crippen LogP contribution in [-0.2, 0) is 6.54 Å². The molecule has 0 amide bonds. The van der Waals surface area contributed by atoms with Crippen LogP contribution in [0.15, 0.2) is 24.9 Å². The Kier molecular flexibility index (Phi) is 6.30. The Morgan fingerprint density at radius 3 is 2.72 bits per heavy atom. The van der Waals surface area contributed by atoms with Gasteiger partial charge in [0.25, 0.3) is 0 Å². The van der Waals surface area contributed by atoms with Crippen molar-refractivity contribution in [2.75, 3.05) is 25.0 Å². The highest BCUT2D eigenvalue weighted by Crippen LogP contribution is 2.14. The minimum absolute atomic E-state index is 0.555. The van der Waals surface area contributed by atoms with Crippen LogP contribution in [0.25, 0.3) is 5.82 Å². The van der Waals surface area contributed by atoms with Crippen molar-refractivity contribution in [2.24, 2.45) is 0 Å². The summed E-state index contributed by atoms with van der Waals surface area (Å²) in [5, 5.41) is 6.66. The third-order valence-electron chi connectivity index (χ3n) is 4.22. The number of hydrogen-bond donors (Lipinski definition) is 2. The van der Waals surface area contributed by atoms with Gasteiger partial charge < -0.3 is 10.6 Å². The summed E-state index contributed by atoms with van der Waals surface area (Å²) >= 11 is 5.19. The predicted octanol–water partition coefficient (Wildman–Crippen LogP) is 2.34. The molecule has 7 nitrogen and oxygen atoms in total. The number of aromatic nitrogens is 4. The monoisotopic (exact) mass is 359 g/mol. The molecular weight excluding hydrogens is 334 g/mol. The van der Waals surface area contributed by atoms with Gasteiger partial charge in [-0.2, -0.15) is 0 Å². The summed E-state index contributed by atoms with van der Waals surface area (Å²) in [4.78, 5) is 15.6. The molecule has 0 radical (unpaired) electrons. The van der Waals surface area contributed by atoms with E-state index in [0.29, 0.717) is 10.9 Å². The number of likely N-dealkylation sites (tertiary alicyclic amines) is 1. The number of hydrogen-bond acceptors (Lipinski definition) is 5. The van der Waals surface area contributed by atoms with Crippen molar-refractivity contribution in [3.8, 4) is 5.82 Å². The zero-order valence-corrected chi connectivity index (χ0v) is 15.4. The van der Waals surface area contributed by atoms with Crippen LogP contribution >= 0.6 is 12.2 Å². The summed E-state index contributed by atoms with van der Waals surface area (Å²) in [6.45, 7) is 5.99. The molecule has 1 fully saturated rings. The van der Waals surface area contributed by atoms with Crippen molar-refractivity contribution in [2.45, 2.75) is 39.2 Å². The van der Waals surface area contributed by atoms with Gasteiger partial charge in [-0.05, 0) is 45.1 Å². The summed E-state index contributed by atoms with van der Waals surface area (Å²) < 4.78 is 1.93. The summed E-state index contributed by atoms with van der Waals surface area (Å²) in [6.07, 6.45) is 10.6. The maximum atomic E-state index is 5.19. The van der Waals surface area contributed by atoms with E-state index in [1.807, 2.05) is 30.1 Å². The third-order valence-corrected chi connectivity index (χ3v) is 4.46. The highest BCUT2D eigenvalue weighted by Gasteiger charge is 2.11. The third kappa shape index (κ3) is 5.20. The predicted molar refractivity (Wildman–Crippen MR) is 103 cm³/mol. The second kappa shape index (κ2) is 8.87. The molecule has 1 aliphatic rings. The number of thiocarbonyl (C=S) groups is 1. The van der Waals surface area contributed by atoms with Gasteiger partial charge in [0.2, 0.25) is 0 Å². The summed E-state index contributed by atoms with van der Waals surface area (Å²) in [5.41, 5.74) is 1.07. The lowest BCUT2D eigenvalue weighted by Gasteiger charge is -2.17. The van der Waals surface area contributed by atoms with Crippen LogP contribution in [0.2, 0.25) is 0 Å². The van der Waals surface area contributed by atoms with Crippen LogP contribution in [0.5, 0.6) is 0 Å². The van der Waals surface area contributed by atoms with E-state index in [4.69, 9.17) is 12.2 Å². The van der Waals surface area contributed by atoms with E-state index in [9.17, 15) is 0 Å². The zero-order chi connectivity index (χ0) is 17.5. The minimum Gasteiger partial charge on any atom is -0.363 e. The Morgan fingerprint density at radius 2 is 1.96 bits per heavy atom. The Morgan fingerprint density at radius 1 is 1.16 bits per heavy atom. The van der Waals surface area contributed by atoms with Gasteiger partial charge >= 0.3 is 0 Å². The number of anilines is 1. The maximum Gasteiger partial charge on any atom is 0.171 e. The normalized spacial score (nSPS) is 15.6. The first-order valence-corrected chi connectivity index (χ1v) is 9.28. The lowest BCUT2D eigenvalue weighted by molar-refractivity contribution is 0.274. The molecule has 0 aromatic carbocycles. The van der Waals surface area contributed by atoms with E-state index in [1.165, 1.54) is 32.0 Å². The van der Waals surface area contributed by atoms with Crippen LogP contribution in [0.4, 0.5) is 5.82 Å². The first-order valence-electron chi connectivity index (χ1n) is 8.87. The molecule has 0 aliphatic carbocycles. The fourth-order valence-electron chi connectivity index (χ4n) is 2.97. The molecule has 2 N–H and O–H groups in total. The Balaban J connectivity index is 1.66. The molecule has 2 aromatic rings. The molecule has 8 heteroatoms. The van der Waals surface area contributed by atoms with E-state index in [2.05, 4.69) is 30.5 Å². The highest BCUT2D eigenvalue weighted by molar-refractivity contribution is 7.80. The van der Waals surface area contributed by atoms with Gasteiger partial charge in [0.05, 0.1) is 5.69 Å². The molecular formula is C17H25N7S. The molecule has 3 heterocycles. The van der Waals surface area contributed by atoms with Crippen LogP contribution in [0.3, 0.4) is 0 Å². The fourth-order valence-corrected chi connectivity index (χ4v) is 3.22. The summed E-state index contributed by atoms with van der Waals surface area (Å²) in [5.74, 6) is 1.44. The van der Waals surface area contributed by atoms with Crippen molar-refractivity contribution < 1.29 is 0 Å². The Hall–Kier alpha value is -2.06. The van der Waals surface area contributed by atoms with Crippen molar-refractivity contribution in [1.29, 1.82) is 0 Å². The highest BCUT2D eigenvalue weighted by atomic mass is 32.1. The molecule has 0 spiro atoms. The molecule has 3 rings (SSSR count). The van der Waals surface area contributed by atoms with Crippen molar-refractivity contribution >= 4 is 23.1 Å². The molecule has 134 valence electrons. The van der Waals surface area contributed by atoms with E-state index in [0.717, 1.165) is 37.7 Å². The number of nitrogens with one attached hydrogen (secondary N) is 2. The standard InChI is InChI=1S/C17H25N7S/c1-2-18-17(25)22-15-9-16(20-12-19-15)24-11-14(21-13-24)10-23-7-5-3-4-6-8-23/h9,11-13H,2-8,10H2,1H3,(H2,18,19,20,22,25). The SMILES string of the molecule is CCNC(=S)Nc1cc(-n2cnc(CN3CCCCCC3)c2)ncn1. The average molecular weight is 360 g/mol. The molecule has 25 heavy (non-hydrogen) atoms. The molecule has 1 saturated heterocycles. The summed E-state index contributed by atoms with van der Waals surface area (Å²) in [6, 6.07) is 1.86. The van der Waals surface area contributed by atoms with Crippen molar-refractivity contribution in [3.05, 3.63) is 30.6 Å². The van der Waals surface area contributed by atoms with Crippen molar-refractivity contribution in [1.82, 2.24) is 29.7 Å². The van der Waals surface area contributed by atoms with E-state index >= 15 is 0 Å². The Labute approximate surface area is 153 Å². The first-order chi connectivity index (χ1) is 12.2. The van der Waals surface area contributed by atoms with Gasteiger partial charge in [0.15, 0.2) is 5.11 Å². The summed E-state index contributed by atoms with van der Waals surface area (Å²) in [7, 11) is 0. The lowest BCUT2D eigenvalue weighted by atomic mass is 10.2. The number of imidazole rings is 1. The van der Waals surface area contributed by atoms with Gasteiger partial charge in [-0.25, -0.2) is 15.0 Å². The van der Waals surface area contributed by atoms with Crippen LogP contribution < -0.4 is 10.6 Å². The second-order valence-corrected chi connectivity index (χ2v) is 6.62. The number of rotatable bonds is 5. The molecule has 1 aliphatic heterocycles. The maximum absolute atomic E-state index is 5.19. The van der Waals surface area contributed by atoms with Gasteiger partial charge in [-0.15, -0.1) is 0 Å². The van der Waals surface area contributed by atoms with E-state index < -0.39 is 0 Å². The fraction of sp³-hybridized carbons (Fsp3) is 0.529. The van der Waals surface area contributed by atoms with Gasteiger partial charge in [0, 0.05) is 25.4 Å². The van der Waals surface area contributed by atoms with Gasteiger partial charge in [0.1, 0.15) is 24.3 Å². The molecule has 2 aromatic heterocycles. The minimum atomic E-state index is 0.555. The quantitative estimate of drug-likeness (QED) is 0.794. The van der Waals surface area contributed by atoms with Crippen LogP contribution in [-0.4, -0.2) is 49.2 Å². The first kappa shape index (κ1) is 17.8. The Bertz CT molecular complexity index is 692. The smallest absolute Gasteiger partial charge is 0.171 e. The zero-order valence-electron chi connectivity index (χ0n) is 14.6. The van der Waals surface area contributed by atoms with Gasteiger partial charge in [-0.1, -0.05) is 12.8 Å². The number of nitrogens with zero attached hydrogens (tertiary/aromatic N) is 5. The van der Waals surface area contributed by atoms with Crippen LogP contribution in [0.1, 0.15) is 38.3 Å². The van der Waals surface area contributed by atoms with E-state index in [-0.39, 0.29) is 0 Å². The lowest BCUT2D eigenvalue weighted by Crippen LogP contribution is -2.28. The molecule has 0 atom stereocenters. The largest absolute Gasteiger partial charge is 0.363 e. The van der Waals surface area contributed by atoms with Crippen molar-refractivity contribution in [3.63, 3.8) is 0 Å². The van der Waals surface area contributed by atoms with Crippen LogP contribution in [0, 0.1) is 0 Å².